The Balaban J connectivity index is 1.55. The van der Waals surface area contributed by atoms with E-state index < -0.39 is 54.4 Å². The van der Waals surface area contributed by atoms with E-state index in [1.807, 2.05) is 0 Å². The number of carbonyl (C=O) groups excluding carboxylic acids is 1. The first kappa shape index (κ1) is 30.0. The zero-order chi connectivity index (χ0) is 29.9. The van der Waals surface area contributed by atoms with E-state index >= 15 is 0 Å². The summed E-state index contributed by atoms with van der Waals surface area (Å²) in [6, 6.07) is 2.72. The molecule has 0 saturated carbocycles. The molecule has 220 valence electrons. The molecular formula is C26H29F5N6O3Si. The van der Waals surface area contributed by atoms with Gasteiger partial charge in [0.15, 0.2) is 17.4 Å². The Morgan fingerprint density at radius 3 is 2.46 bits per heavy atom. The van der Waals surface area contributed by atoms with Crippen molar-refractivity contribution in [3.8, 4) is 11.5 Å². The van der Waals surface area contributed by atoms with Crippen molar-refractivity contribution in [2.75, 3.05) is 11.9 Å². The number of aromatic nitrogens is 4. The second kappa shape index (κ2) is 11.9. The molecule has 0 saturated heterocycles. The molecule has 15 heteroatoms. The predicted octanol–water partition coefficient (Wildman–Crippen LogP) is 6.79. The van der Waals surface area contributed by atoms with Gasteiger partial charge in [-0.3, -0.25) is 0 Å². The number of aromatic amines is 1. The van der Waals surface area contributed by atoms with Crippen molar-refractivity contribution in [2.24, 2.45) is 0 Å². The van der Waals surface area contributed by atoms with Gasteiger partial charge in [-0.05, 0) is 19.0 Å². The van der Waals surface area contributed by atoms with Crippen LogP contribution in [-0.4, -0.2) is 40.2 Å². The van der Waals surface area contributed by atoms with Crippen LogP contribution in [0.2, 0.25) is 25.7 Å². The van der Waals surface area contributed by atoms with Crippen LogP contribution in [0.15, 0.2) is 36.8 Å². The van der Waals surface area contributed by atoms with Crippen molar-refractivity contribution in [3.63, 3.8) is 0 Å². The van der Waals surface area contributed by atoms with Gasteiger partial charge in [-0.25, -0.2) is 23.5 Å². The lowest BCUT2D eigenvalue weighted by molar-refractivity contribution is -0.136. The number of rotatable bonds is 10. The Labute approximate surface area is 233 Å². The number of imidazole rings is 1. The average molecular weight is 597 g/mol. The number of anilines is 1. The Morgan fingerprint density at radius 2 is 1.85 bits per heavy atom. The van der Waals surface area contributed by atoms with Crippen molar-refractivity contribution in [2.45, 2.75) is 52.1 Å². The molecule has 3 N–H and O–H groups in total. The lowest BCUT2D eigenvalue weighted by Gasteiger charge is -2.15. The van der Waals surface area contributed by atoms with E-state index in [-0.39, 0.29) is 24.6 Å². The fourth-order valence-corrected chi connectivity index (χ4v) is 4.62. The lowest BCUT2D eigenvalue weighted by atomic mass is 10.2. The second-order valence-corrected chi connectivity index (χ2v) is 16.2. The van der Waals surface area contributed by atoms with Gasteiger partial charge in [-0.1, -0.05) is 19.6 Å². The minimum atomic E-state index is -4.81. The lowest BCUT2D eigenvalue weighted by Crippen LogP contribution is -2.28. The van der Waals surface area contributed by atoms with Crippen LogP contribution in [0, 0.1) is 18.6 Å². The molecule has 0 radical (unpaired) electrons. The number of H-pyrrole nitrogens is 1. The van der Waals surface area contributed by atoms with Crippen LogP contribution < -0.4 is 15.4 Å². The molecule has 0 aliphatic carbocycles. The number of alkyl halides is 3. The fourth-order valence-electron chi connectivity index (χ4n) is 3.86. The molecule has 0 atom stereocenters. The van der Waals surface area contributed by atoms with Gasteiger partial charge in [0, 0.05) is 56.8 Å². The van der Waals surface area contributed by atoms with Gasteiger partial charge in [0.1, 0.15) is 24.0 Å². The second-order valence-electron chi connectivity index (χ2n) is 10.6. The molecule has 4 rings (SSSR count). The number of hydrogen-bond acceptors (Lipinski definition) is 5. The number of aryl methyl sites for hydroxylation is 1. The largest absolute Gasteiger partial charge is 0.450 e. The summed E-state index contributed by atoms with van der Waals surface area (Å²) in [5.74, 6) is -3.40. The van der Waals surface area contributed by atoms with Crippen molar-refractivity contribution < 1.29 is 36.2 Å². The van der Waals surface area contributed by atoms with Crippen LogP contribution in [-0.2, 0) is 24.2 Å². The topological polar surface area (TPSA) is 106 Å². The molecule has 0 aliphatic rings. The third-order valence-electron chi connectivity index (χ3n) is 5.89. The Hall–Kier alpha value is -3.98. The van der Waals surface area contributed by atoms with E-state index in [2.05, 4.69) is 45.2 Å². The van der Waals surface area contributed by atoms with Gasteiger partial charge in [-0.15, -0.1) is 0 Å². The van der Waals surface area contributed by atoms with E-state index in [4.69, 9.17) is 9.47 Å². The molecule has 1 aromatic carbocycles. The molecular weight excluding hydrogens is 567 g/mol. The maximum absolute atomic E-state index is 14.9. The first-order chi connectivity index (χ1) is 19.2. The number of nitrogens with zero attached hydrogens (tertiary/aromatic N) is 3. The summed E-state index contributed by atoms with van der Waals surface area (Å²) >= 11 is 0. The minimum absolute atomic E-state index is 0.0361. The zero-order valence-corrected chi connectivity index (χ0v) is 23.7. The molecule has 41 heavy (non-hydrogen) atoms. The number of fused-ring (bicyclic) bond motifs is 1. The molecule has 0 aliphatic heterocycles. The molecule has 0 bridgehead atoms. The third kappa shape index (κ3) is 7.61. The highest BCUT2D eigenvalue weighted by Crippen LogP contribution is 2.42. The number of carbonyl (C=O) groups is 1. The summed E-state index contributed by atoms with van der Waals surface area (Å²) in [5.41, 5.74) is -0.659. The third-order valence-corrected chi connectivity index (χ3v) is 7.60. The molecule has 3 aromatic heterocycles. The summed E-state index contributed by atoms with van der Waals surface area (Å²) in [4.78, 5) is 23.1. The first-order valence-electron chi connectivity index (χ1n) is 12.6. The van der Waals surface area contributed by atoms with Crippen LogP contribution in [0.3, 0.4) is 0 Å². The van der Waals surface area contributed by atoms with Crippen molar-refractivity contribution in [1.29, 1.82) is 0 Å². The number of urea groups is 1. The summed E-state index contributed by atoms with van der Waals surface area (Å²) < 4.78 is 83.9. The molecule has 9 nitrogen and oxygen atoms in total. The highest BCUT2D eigenvalue weighted by atomic mass is 28.3. The number of hydrogen-bond donors (Lipinski definition) is 3. The highest BCUT2D eigenvalue weighted by Gasteiger charge is 2.37. The van der Waals surface area contributed by atoms with Gasteiger partial charge < -0.3 is 29.7 Å². The molecule has 4 aromatic rings. The van der Waals surface area contributed by atoms with Crippen LogP contribution >= 0.6 is 0 Å². The Morgan fingerprint density at radius 1 is 1.15 bits per heavy atom. The van der Waals surface area contributed by atoms with Crippen molar-refractivity contribution in [3.05, 3.63) is 65.5 Å². The SMILES string of the molecule is Cc1cnc(CNC(=O)Nc2cc(F)c(Oc3ccnc4c3c(C(F)(F)F)cn4COCC[Si](C)(C)C)c(F)c2)[nH]1. The number of benzene rings is 1. The van der Waals surface area contributed by atoms with E-state index in [1.165, 1.54) is 10.8 Å². The van der Waals surface area contributed by atoms with Crippen LogP contribution in [0.4, 0.5) is 32.4 Å². The number of nitrogens with one attached hydrogen (secondary N) is 3. The minimum Gasteiger partial charge on any atom is -0.450 e. The maximum atomic E-state index is 14.9. The molecule has 2 amide bonds. The average Bonchev–Trinajstić information content (AvgIpc) is 3.46. The number of ether oxygens (including phenoxy) is 2. The standard InChI is InChI=1S/C26H29F5N6O3Si/c1-15-11-33-21(35-15)12-34-25(38)36-16-9-18(27)23(19(28)10-16)40-20-5-6-32-24-22(20)17(26(29,30)31)13-37(24)14-39-7-8-41(2,3)4/h5-6,9-11,13H,7-8,12,14H2,1-4H3,(H,33,35)(H2,34,36,38). The van der Waals surface area contributed by atoms with Crippen LogP contribution in [0.25, 0.3) is 11.0 Å². The van der Waals surface area contributed by atoms with E-state index in [1.54, 1.807) is 13.1 Å². The predicted molar refractivity (Wildman–Crippen MR) is 144 cm³/mol. The molecule has 3 heterocycles. The van der Waals surface area contributed by atoms with Gasteiger partial charge in [0.2, 0.25) is 0 Å². The number of amides is 2. The van der Waals surface area contributed by atoms with Gasteiger partial charge in [0.05, 0.1) is 17.5 Å². The fraction of sp³-hybridized carbons (Fsp3) is 0.346. The summed E-state index contributed by atoms with van der Waals surface area (Å²) in [7, 11) is -1.42. The molecule has 0 fully saturated rings. The monoisotopic (exact) mass is 596 g/mol. The van der Waals surface area contributed by atoms with Crippen molar-refractivity contribution >= 4 is 30.8 Å². The van der Waals surface area contributed by atoms with Crippen molar-refractivity contribution in [1.82, 2.24) is 24.8 Å². The van der Waals surface area contributed by atoms with E-state index in [0.29, 0.717) is 12.4 Å². The maximum Gasteiger partial charge on any atom is 0.418 e. The quantitative estimate of drug-likeness (QED) is 0.106. The summed E-state index contributed by atoms with van der Waals surface area (Å²) in [6.45, 7) is 8.43. The Bertz CT molecular complexity index is 1520. The Kier molecular flexibility index (Phi) is 8.68. The number of pyridine rings is 1. The van der Waals surface area contributed by atoms with E-state index in [9.17, 15) is 26.7 Å². The first-order valence-corrected chi connectivity index (χ1v) is 16.3. The van der Waals surface area contributed by atoms with Crippen LogP contribution in [0.1, 0.15) is 17.1 Å². The van der Waals surface area contributed by atoms with Gasteiger partial charge >= 0.3 is 12.2 Å². The van der Waals surface area contributed by atoms with E-state index in [0.717, 1.165) is 36.1 Å². The molecule has 0 spiro atoms. The van der Waals surface area contributed by atoms with Crippen LogP contribution in [0.5, 0.6) is 11.5 Å². The zero-order valence-electron chi connectivity index (χ0n) is 22.7. The summed E-state index contributed by atoms with van der Waals surface area (Å²) in [6.07, 6.45) is -1.23. The number of halogens is 5. The van der Waals surface area contributed by atoms with Gasteiger partial charge in [-0.2, -0.15) is 13.2 Å². The molecule has 0 unspecified atom stereocenters. The summed E-state index contributed by atoms with van der Waals surface area (Å²) in [5, 5.41) is 4.29. The normalized spacial score (nSPS) is 12.1. The van der Waals surface area contributed by atoms with Gasteiger partial charge in [0.25, 0.3) is 0 Å². The smallest absolute Gasteiger partial charge is 0.418 e. The highest BCUT2D eigenvalue weighted by molar-refractivity contribution is 6.76.